The summed E-state index contributed by atoms with van der Waals surface area (Å²) in [6.07, 6.45) is 0. The molecule has 4 heteroatoms. The van der Waals surface area contributed by atoms with Gasteiger partial charge in [0.15, 0.2) is 19.6 Å². The number of hydrogen-bond acceptors (Lipinski definition) is 3. The van der Waals surface area contributed by atoms with Crippen molar-refractivity contribution < 1.29 is 4.74 Å². The average Bonchev–Trinajstić information content (AvgIpc) is 3.23. The van der Waals surface area contributed by atoms with Gasteiger partial charge in [-0.15, -0.1) is 0 Å². The van der Waals surface area contributed by atoms with Gasteiger partial charge >= 0.3 is 0 Å². The van der Waals surface area contributed by atoms with Crippen molar-refractivity contribution in [2.75, 3.05) is 4.90 Å². The third-order valence-corrected chi connectivity index (χ3v) is 17.5. The highest BCUT2D eigenvalue weighted by Crippen LogP contribution is 2.58. The van der Waals surface area contributed by atoms with Crippen molar-refractivity contribution >= 4 is 57.6 Å². The second-order valence-electron chi connectivity index (χ2n) is 14.0. The Bertz CT molecular complexity index is 2570. The molecule has 0 fully saturated rings. The molecule has 3 aliphatic heterocycles. The highest BCUT2D eigenvalue weighted by Gasteiger charge is 2.57. The van der Waals surface area contributed by atoms with E-state index in [0.717, 1.165) is 28.6 Å². The van der Waals surface area contributed by atoms with E-state index in [-0.39, 0.29) is 0 Å². The first-order chi connectivity index (χ1) is 26.3. The summed E-state index contributed by atoms with van der Waals surface area (Å²) in [5.74, 6) is 1.71. The molecule has 0 saturated carbocycles. The Morgan fingerprint density at radius 3 is 1.49 bits per heavy atom. The lowest BCUT2D eigenvalue weighted by atomic mass is 9.64. The fourth-order valence-corrected chi connectivity index (χ4v) is 15.9. The van der Waals surface area contributed by atoms with Gasteiger partial charge in [0, 0.05) is 15.5 Å². The van der Waals surface area contributed by atoms with E-state index < -0.39 is 13.5 Å². The van der Waals surface area contributed by atoms with Crippen molar-refractivity contribution in [2.45, 2.75) is 15.2 Å². The summed E-state index contributed by atoms with van der Waals surface area (Å²) in [5.41, 5.74) is 8.00. The van der Waals surface area contributed by atoms with Gasteiger partial charge in [0.05, 0.1) is 16.8 Å². The van der Waals surface area contributed by atoms with Crippen LogP contribution in [0.5, 0.6) is 11.5 Å². The first-order valence-corrected chi connectivity index (χ1v) is 21.0. The molecule has 3 aliphatic rings. The number of anilines is 3. The second kappa shape index (κ2) is 11.7. The predicted molar refractivity (Wildman–Crippen MR) is 221 cm³/mol. The van der Waals surface area contributed by atoms with Crippen LogP contribution in [-0.2, 0) is 5.41 Å². The van der Waals surface area contributed by atoms with Crippen molar-refractivity contribution in [3.05, 3.63) is 222 Å². The van der Waals surface area contributed by atoms with Gasteiger partial charge in [-0.05, 0) is 91.5 Å². The number of fused-ring (bicyclic) bond motifs is 10. The number of rotatable bonds is 3. The van der Waals surface area contributed by atoms with Crippen molar-refractivity contribution in [2.24, 2.45) is 0 Å². The minimum absolute atomic E-state index is 0.564. The first-order valence-electron chi connectivity index (χ1n) is 18.2. The molecule has 0 N–H and O–H groups in total. The van der Waals surface area contributed by atoms with Gasteiger partial charge < -0.3 is 9.64 Å². The van der Waals surface area contributed by atoms with E-state index in [2.05, 4.69) is 193 Å². The van der Waals surface area contributed by atoms with E-state index in [1.54, 1.807) is 0 Å². The maximum Gasteiger partial charge on any atom is 0.180 e. The topological polar surface area (TPSA) is 12.5 Å². The van der Waals surface area contributed by atoms with Crippen LogP contribution in [0, 0.1) is 0 Å². The molecule has 1 spiro atoms. The number of benzene rings is 8. The number of ether oxygens (including phenoxy) is 1. The molecule has 0 aliphatic carbocycles. The molecule has 8 aromatic rings. The van der Waals surface area contributed by atoms with Crippen LogP contribution in [-0.4, -0.2) is 8.07 Å². The highest BCUT2D eigenvalue weighted by molar-refractivity contribution is 7.99. The summed E-state index contributed by atoms with van der Waals surface area (Å²) in [4.78, 5) is 4.95. The molecule has 0 radical (unpaired) electrons. The molecule has 0 bridgehead atoms. The minimum atomic E-state index is -2.80. The molecule has 8 aromatic carbocycles. The van der Waals surface area contributed by atoms with Gasteiger partial charge in [-0.2, -0.15) is 0 Å². The van der Waals surface area contributed by atoms with E-state index in [1.807, 2.05) is 23.9 Å². The Morgan fingerprint density at radius 2 is 0.887 bits per heavy atom. The van der Waals surface area contributed by atoms with Gasteiger partial charge in [-0.3, -0.25) is 0 Å². The monoisotopic (exact) mass is 711 g/mol. The minimum Gasteiger partial charge on any atom is -0.453 e. The van der Waals surface area contributed by atoms with Crippen molar-refractivity contribution in [3.8, 4) is 11.5 Å². The molecule has 3 heterocycles. The molecule has 0 unspecified atom stereocenters. The maximum absolute atomic E-state index is 6.46. The number of nitrogens with zero attached hydrogens (tertiary/aromatic N) is 1. The standard InChI is InChI=1S/C49H33NOSSi/c1-3-17-35(18-4-1)53(36-19-5-2-6-20-36)47-29-15-8-22-38(47)49(39-23-9-16-30-48(39)53)37-21-7-14-28-45(37)52-46-32-31-34(33-40(46)49)50-41-24-10-12-26-43(41)51-44-27-13-11-25-42(44)50/h1-33H. The Labute approximate surface area is 315 Å². The average molecular weight is 712 g/mol. The summed E-state index contributed by atoms with van der Waals surface area (Å²) in [6, 6.07) is 74.4. The summed E-state index contributed by atoms with van der Waals surface area (Å²) in [5, 5.41) is 5.68. The number of para-hydroxylation sites is 4. The van der Waals surface area contributed by atoms with Crippen molar-refractivity contribution in [3.63, 3.8) is 0 Å². The SMILES string of the molecule is c1ccc([Si]2(c3ccccc3)c3ccccc3C3(c4ccccc4Sc4ccc(N5c6ccccc6Oc6ccccc65)cc43)c3ccccc32)cc1. The van der Waals surface area contributed by atoms with Gasteiger partial charge in [-0.1, -0.05) is 163 Å². The zero-order chi connectivity index (χ0) is 35.0. The van der Waals surface area contributed by atoms with Gasteiger partial charge in [0.2, 0.25) is 0 Å². The zero-order valence-electron chi connectivity index (χ0n) is 28.8. The summed E-state index contributed by atoms with van der Waals surface area (Å²) >= 11 is 1.89. The van der Waals surface area contributed by atoms with Gasteiger partial charge in [-0.25, -0.2) is 0 Å². The smallest absolute Gasteiger partial charge is 0.180 e. The maximum atomic E-state index is 6.46. The van der Waals surface area contributed by atoms with Crippen LogP contribution in [0.4, 0.5) is 17.1 Å². The molecule has 0 amide bonds. The zero-order valence-corrected chi connectivity index (χ0v) is 30.6. The lowest BCUT2D eigenvalue weighted by Crippen LogP contribution is -2.79. The van der Waals surface area contributed by atoms with Crippen LogP contribution in [0.15, 0.2) is 210 Å². The third-order valence-electron chi connectivity index (χ3n) is 11.5. The Kier molecular flexibility index (Phi) is 6.76. The Hall–Kier alpha value is -6.07. The van der Waals surface area contributed by atoms with Crippen LogP contribution in [0.1, 0.15) is 22.3 Å². The molecule has 53 heavy (non-hydrogen) atoms. The molecular weight excluding hydrogens is 679 g/mol. The second-order valence-corrected chi connectivity index (χ2v) is 18.8. The van der Waals surface area contributed by atoms with Crippen molar-refractivity contribution in [1.29, 1.82) is 0 Å². The predicted octanol–water partition coefficient (Wildman–Crippen LogP) is 9.80. The fraction of sp³-hybridized carbons (Fsp3) is 0.0204. The largest absolute Gasteiger partial charge is 0.453 e. The fourth-order valence-electron chi connectivity index (χ4n) is 9.46. The molecular formula is C49H33NOSSi. The Morgan fingerprint density at radius 1 is 0.415 bits per heavy atom. The molecule has 2 nitrogen and oxygen atoms in total. The molecule has 250 valence electrons. The summed E-state index contributed by atoms with van der Waals surface area (Å²) < 4.78 is 6.46. The summed E-state index contributed by atoms with van der Waals surface area (Å²) in [7, 11) is -2.80. The normalized spacial score (nSPS) is 15.1. The van der Waals surface area contributed by atoms with E-state index in [1.165, 1.54) is 52.8 Å². The first kappa shape index (κ1) is 30.5. The lowest BCUT2D eigenvalue weighted by molar-refractivity contribution is 0.477. The molecule has 0 saturated heterocycles. The number of hydrogen-bond donors (Lipinski definition) is 0. The molecule has 0 aromatic heterocycles. The van der Waals surface area contributed by atoms with Gasteiger partial charge in [0.25, 0.3) is 0 Å². The van der Waals surface area contributed by atoms with Crippen LogP contribution in [0.2, 0.25) is 0 Å². The van der Waals surface area contributed by atoms with Crippen LogP contribution < -0.4 is 30.4 Å². The van der Waals surface area contributed by atoms with E-state index >= 15 is 0 Å². The quantitative estimate of drug-likeness (QED) is 0.169. The van der Waals surface area contributed by atoms with E-state index in [0.29, 0.717) is 0 Å². The van der Waals surface area contributed by atoms with Crippen molar-refractivity contribution in [1.82, 2.24) is 0 Å². The Balaban J connectivity index is 1.27. The van der Waals surface area contributed by atoms with Gasteiger partial charge in [0.1, 0.15) is 0 Å². The van der Waals surface area contributed by atoms with Crippen LogP contribution in [0.25, 0.3) is 0 Å². The molecule has 0 atom stereocenters. The van der Waals surface area contributed by atoms with E-state index in [4.69, 9.17) is 4.74 Å². The van der Waals surface area contributed by atoms with Crippen LogP contribution in [0.3, 0.4) is 0 Å². The lowest BCUT2D eigenvalue weighted by Gasteiger charge is -2.51. The highest BCUT2D eigenvalue weighted by atomic mass is 32.2. The van der Waals surface area contributed by atoms with Crippen LogP contribution >= 0.6 is 11.8 Å². The summed E-state index contributed by atoms with van der Waals surface area (Å²) in [6.45, 7) is 0. The molecule has 11 rings (SSSR count). The van der Waals surface area contributed by atoms with E-state index in [9.17, 15) is 0 Å². The third kappa shape index (κ3) is 4.16.